The van der Waals surface area contributed by atoms with Crippen LogP contribution in [0.4, 0.5) is 0 Å². The van der Waals surface area contributed by atoms with Crippen molar-refractivity contribution in [2.24, 2.45) is 5.92 Å². The van der Waals surface area contributed by atoms with E-state index in [1.54, 1.807) is 7.11 Å². The largest absolute Gasteiger partial charge is 0.497 e. The maximum atomic E-state index is 5.81. The summed E-state index contributed by atoms with van der Waals surface area (Å²) < 4.78 is 11.9. The Hall–Kier alpha value is -0.740. The van der Waals surface area contributed by atoms with E-state index in [2.05, 4.69) is 21.2 Å². The first-order valence-electron chi connectivity index (χ1n) is 6.46. The first-order chi connectivity index (χ1) is 8.79. The molecule has 1 fully saturated rings. The first-order valence-corrected chi connectivity index (χ1v) is 7.26. The van der Waals surface area contributed by atoms with Crippen molar-refractivity contribution in [1.29, 1.82) is 0 Å². The summed E-state index contributed by atoms with van der Waals surface area (Å²) in [7, 11) is 1.67. The van der Waals surface area contributed by atoms with Crippen LogP contribution in [0, 0.1) is 5.92 Å². The molecule has 0 saturated carbocycles. The molecule has 100 valence electrons. The quantitative estimate of drug-likeness (QED) is 0.905. The Kier molecular flexibility index (Phi) is 5.32. The van der Waals surface area contributed by atoms with E-state index in [1.807, 2.05) is 18.2 Å². The molecule has 1 N–H and O–H groups in total. The molecular weight excluding hydrogens is 294 g/mol. The normalized spacial score (nSPS) is 19.6. The van der Waals surface area contributed by atoms with Crippen LogP contribution in [0.5, 0.6) is 11.5 Å². The third-order valence-corrected chi connectivity index (χ3v) is 3.94. The summed E-state index contributed by atoms with van der Waals surface area (Å²) in [5.74, 6) is 2.49. The van der Waals surface area contributed by atoms with Gasteiger partial charge < -0.3 is 14.8 Å². The molecule has 1 heterocycles. The van der Waals surface area contributed by atoms with Crippen LogP contribution in [-0.4, -0.2) is 26.8 Å². The molecule has 0 spiro atoms. The standard InChI is InChI=1S/C14H20BrNO2/c1-17-12-4-5-14(13(15)9-12)18-8-6-11-3-2-7-16-10-11/h4-5,9,11,16H,2-3,6-8,10H2,1H3. The highest BCUT2D eigenvalue weighted by molar-refractivity contribution is 9.10. The average molecular weight is 314 g/mol. The van der Waals surface area contributed by atoms with Crippen molar-refractivity contribution in [3.05, 3.63) is 22.7 Å². The second-order valence-electron chi connectivity index (χ2n) is 4.65. The van der Waals surface area contributed by atoms with Crippen LogP contribution in [0.3, 0.4) is 0 Å². The predicted molar refractivity (Wildman–Crippen MR) is 76.4 cm³/mol. The smallest absolute Gasteiger partial charge is 0.133 e. The lowest BCUT2D eigenvalue weighted by atomic mass is 9.97. The van der Waals surface area contributed by atoms with Crippen LogP contribution in [0.2, 0.25) is 0 Å². The molecule has 1 atom stereocenters. The van der Waals surface area contributed by atoms with Gasteiger partial charge in [0, 0.05) is 0 Å². The number of methoxy groups -OCH3 is 1. The van der Waals surface area contributed by atoms with Crippen LogP contribution in [0.1, 0.15) is 19.3 Å². The van der Waals surface area contributed by atoms with E-state index in [4.69, 9.17) is 9.47 Å². The third kappa shape index (κ3) is 3.89. The van der Waals surface area contributed by atoms with Crippen molar-refractivity contribution >= 4 is 15.9 Å². The molecule has 0 aromatic heterocycles. The number of ether oxygens (including phenoxy) is 2. The zero-order valence-corrected chi connectivity index (χ0v) is 12.3. The third-order valence-electron chi connectivity index (χ3n) is 3.32. The van der Waals surface area contributed by atoms with Crippen LogP contribution in [-0.2, 0) is 0 Å². The molecule has 3 nitrogen and oxygen atoms in total. The Morgan fingerprint density at radius 2 is 2.33 bits per heavy atom. The molecule has 4 heteroatoms. The Labute approximate surface area is 117 Å². The molecule has 1 aromatic carbocycles. The second kappa shape index (κ2) is 7.00. The second-order valence-corrected chi connectivity index (χ2v) is 5.50. The molecule has 0 aliphatic carbocycles. The lowest BCUT2D eigenvalue weighted by molar-refractivity contribution is 0.253. The average Bonchev–Trinajstić information content (AvgIpc) is 2.42. The zero-order chi connectivity index (χ0) is 12.8. The molecule has 1 aliphatic heterocycles. The highest BCUT2D eigenvalue weighted by Gasteiger charge is 2.13. The number of hydrogen-bond donors (Lipinski definition) is 1. The van der Waals surface area contributed by atoms with Gasteiger partial charge in [-0.2, -0.15) is 0 Å². The van der Waals surface area contributed by atoms with Gasteiger partial charge in [-0.1, -0.05) is 0 Å². The number of benzene rings is 1. The molecule has 0 bridgehead atoms. The molecule has 1 aliphatic rings. The van der Waals surface area contributed by atoms with E-state index in [1.165, 1.54) is 19.4 Å². The maximum absolute atomic E-state index is 5.81. The Morgan fingerprint density at radius 1 is 1.44 bits per heavy atom. The van der Waals surface area contributed by atoms with Gasteiger partial charge in [0.2, 0.25) is 0 Å². The van der Waals surface area contributed by atoms with Gasteiger partial charge in [0.15, 0.2) is 0 Å². The Bertz CT molecular complexity index is 378. The molecule has 0 amide bonds. The summed E-state index contributed by atoms with van der Waals surface area (Å²) in [5.41, 5.74) is 0. The molecular formula is C14H20BrNO2. The molecule has 1 aromatic rings. The van der Waals surface area contributed by atoms with E-state index in [0.29, 0.717) is 0 Å². The van der Waals surface area contributed by atoms with E-state index in [0.717, 1.165) is 41.5 Å². The summed E-state index contributed by atoms with van der Waals surface area (Å²) in [6.07, 6.45) is 3.72. The van der Waals surface area contributed by atoms with Crippen molar-refractivity contribution in [2.45, 2.75) is 19.3 Å². The number of rotatable bonds is 5. The minimum Gasteiger partial charge on any atom is -0.497 e. The van der Waals surface area contributed by atoms with Crippen molar-refractivity contribution in [3.63, 3.8) is 0 Å². The van der Waals surface area contributed by atoms with Crippen molar-refractivity contribution < 1.29 is 9.47 Å². The van der Waals surface area contributed by atoms with Gasteiger partial charge in [-0.05, 0) is 72.4 Å². The van der Waals surface area contributed by atoms with Crippen molar-refractivity contribution in [1.82, 2.24) is 5.32 Å². The lowest BCUT2D eigenvalue weighted by Gasteiger charge is -2.22. The molecule has 1 saturated heterocycles. The van der Waals surface area contributed by atoms with Crippen LogP contribution < -0.4 is 14.8 Å². The van der Waals surface area contributed by atoms with Crippen molar-refractivity contribution in [2.75, 3.05) is 26.8 Å². The fraction of sp³-hybridized carbons (Fsp3) is 0.571. The number of nitrogens with one attached hydrogen (secondary N) is 1. The van der Waals surface area contributed by atoms with Gasteiger partial charge in [0.05, 0.1) is 18.2 Å². The SMILES string of the molecule is COc1ccc(OCCC2CCCNC2)c(Br)c1. The summed E-state index contributed by atoms with van der Waals surface area (Å²) in [6, 6.07) is 5.79. The number of piperidine rings is 1. The number of hydrogen-bond acceptors (Lipinski definition) is 3. The van der Waals surface area contributed by atoms with E-state index in [9.17, 15) is 0 Å². The van der Waals surface area contributed by atoms with Gasteiger partial charge >= 0.3 is 0 Å². The van der Waals surface area contributed by atoms with E-state index < -0.39 is 0 Å². The fourth-order valence-electron chi connectivity index (χ4n) is 2.23. The summed E-state index contributed by atoms with van der Waals surface area (Å²) in [4.78, 5) is 0. The van der Waals surface area contributed by atoms with Crippen LogP contribution in [0.15, 0.2) is 22.7 Å². The van der Waals surface area contributed by atoms with Gasteiger partial charge in [-0.15, -0.1) is 0 Å². The highest BCUT2D eigenvalue weighted by Crippen LogP contribution is 2.29. The monoisotopic (exact) mass is 313 g/mol. The predicted octanol–water partition coefficient (Wildman–Crippen LogP) is 3.23. The zero-order valence-electron chi connectivity index (χ0n) is 10.7. The molecule has 18 heavy (non-hydrogen) atoms. The molecule has 1 unspecified atom stereocenters. The van der Waals surface area contributed by atoms with Crippen molar-refractivity contribution in [3.8, 4) is 11.5 Å². The summed E-state index contributed by atoms with van der Waals surface area (Å²) in [5, 5.41) is 3.43. The van der Waals surface area contributed by atoms with Gasteiger partial charge in [0.1, 0.15) is 11.5 Å². The van der Waals surface area contributed by atoms with Crippen LogP contribution >= 0.6 is 15.9 Å². The maximum Gasteiger partial charge on any atom is 0.133 e. The lowest BCUT2D eigenvalue weighted by Crippen LogP contribution is -2.30. The molecule has 2 rings (SSSR count). The fourth-order valence-corrected chi connectivity index (χ4v) is 2.70. The number of halogens is 1. The first kappa shape index (κ1) is 13.7. The molecule has 0 radical (unpaired) electrons. The minimum absolute atomic E-state index is 0.760. The van der Waals surface area contributed by atoms with Gasteiger partial charge in [0.25, 0.3) is 0 Å². The minimum atomic E-state index is 0.760. The Balaban J connectivity index is 1.79. The van der Waals surface area contributed by atoms with Gasteiger partial charge in [-0.3, -0.25) is 0 Å². The van der Waals surface area contributed by atoms with E-state index in [-0.39, 0.29) is 0 Å². The summed E-state index contributed by atoms with van der Waals surface area (Å²) >= 11 is 3.50. The van der Waals surface area contributed by atoms with Gasteiger partial charge in [-0.25, -0.2) is 0 Å². The van der Waals surface area contributed by atoms with Crippen LogP contribution in [0.25, 0.3) is 0 Å². The topological polar surface area (TPSA) is 30.5 Å². The highest BCUT2D eigenvalue weighted by atomic mass is 79.9. The summed E-state index contributed by atoms with van der Waals surface area (Å²) in [6.45, 7) is 3.08. The Morgan fingerprint density at radius 3 is 3.00 bits per heavy atom. The van der Waals surface area contributed by atoms with E-state index >= 15 is 0 Å².